The number of hydrogen-bond donors (Lipinski definition) is 1. The van der Waals surface area contributed by atoms with Crippen molar-refractivity contribution in [1.82, 2.24) is 4.98 Å². The Labute approximate surface area is 84.5 Å². The molecule has 1 aromatic rings. The Morgan fingerprint density at radius 2 is 2.21 bits per heavy atom. The van der Waals surface area contributed by atoms with Crippen molar-refractivity contribution in [2.75, 3.05) is 12.4 Å². The Kier molecular flexibility index (Phi) is 2.87. The quantitative estimate of drug-likeness (QED) is 0.798. The summed E-state index contributed by atoms with van der Waals surface area (Å²) in [4.78, 5) is 4.05. The van der Waals surface area contributed by atoms with E-state index in [1.54, 1.807) is 12.4 Å². The van der Waals surface area contributed by atoms with Crippen LogP contribution in [0.25, 0.3) is 0 Å². The van der Waals surface area contributed by atoms with Crippen molar-refractivity contribution in [3.05, 3.63) is 18.5 Å². The molecule has 0 amide bonds. The van der Waals surface area contributed by atoms with Crippen LogP contribution in [-0.4, -0.2) is 18.1 Å². The van der Waals surface area contributed by atoms with Crippen LogP contribution in [0.2, 0.25) is 0 Å². The molecule has 76 valence electrons. The minimum absolute atomic E-state index is 0.407. The third-order valence-corrected chi connectivity index (χ3v) is 2.65. The molecule has 1 aliphatic rings. The standard InChI is InChI=1S/C11H16N2O/c1-12-10-8-13-7-6-11(10)14-9-4-2-3-5-9/h6-9,12H,2-5H2,1H3. The Balaban J connectivity index is 2.07. The van der Waals surface area contributed by atoms with Crippen LogP contribution in [-0.2, 0) is 0 Å². The molecule has 1 N–H and O–H groups in total. The van der Waals surface area contributed by atoms with Gasteiger partial charge in [0.15, 0.2) is 0 Å². The van der Waals surface area contributed by atoms with Gasteiger partial charge in [0.25, 0.3) is 0 Å². The van der Waals surface area contributed by atoms with Crippen LogP contribution in [0.5, 0.6) is 5.75 Å². The molecule has 2 rings (SSSR count). The number of ether oxygens (including phenoxy) is 1. The summed E-state index contributed by atoms with van der Waals surface area (Å²) in [5.74, 6) is 0.925. The third-order valence-electron chi connectivity index (χ3n) is 2.65. The summed E-state index contributed by atoms with van der Waals surface area (Å²) >= 11 is 0. The van der Waals surface area contributed by atoms with Crippen LogP contribution in [0, 0.1) is 0 Å². The lowest BCUT2D eigenvalue weighted by Gasteiger charge is -2.15. The van der Waals surface area contributed by atoms with E-state index in [1.807, 2.05) is 13.1 Å². The number of hydrogen-bond acceptors (Lipinski definition) is 3. The number of anilines is 1. The molecule has 1 heterocycles. The topological polar surface area (TPSA) is 34.2 Å². The second-order valence-electron chi connectivity index (χ2n) is 3.65. The van der Waals surface area contributed by atoms with Crippen molar-refractivity contribution in [2.24, 2.45) is 0 Å². The van der Waals surface area contributed by atoms with Gasteiger partial charge in [0.1, 0.15) is 5.75 Å². The van der Waals surface area contributed by atoms with Gasteiger partial charge in [-0.15, -0.1) is 0 Å². The van der Waals surface area contributed by atoms with Crippen LogP contribution in [0.15, 0.2) is 18.5 Å². The molecule has 14 heavy (non-hydrogen) atoms. The average molecular weight is 192 g/mol. The maximum absolute atomic E-state index is 5.89. The summed E-state index contributed by atoms with van der Waals surface area (Å²) in [6.45, 7) is 0. The summed E-state index contributed by atoms with van der Waals surface area (Å²) in [5, 5.41) is 3.08. The molecule has 0 radical (unpaired) electrons. The molecule has 0 unspecified atom stereocenters. The first-order valence-electron chi connectivity index (χ1n) is 5.18. The fraction of sp³-hybridized carbons (Fsp3) is 0.545. The number of pyridine rings is 1. The molecular formula is C11H16N2O. The minimum atomic E-state index is 0.407. The molecule has 3 nitrogen and oxygen atoms in total. The SMILES string of the molecule is CNc1cnccc1OC1CCCC1. The van der Waals surface area contributed by atoms with Gasteiger partial charge >= 0.3 is 0 Å². The van der Waals surface area contributed by atoms with E-state index in [4.69, 9.17) is 4.74 Å². The Bertz CT molecular complexity index is 295. The van der Waals surface area contributed by atoms with Gasteiger partial charge in [-0.2, -0.15) is 0 Å². The van der Waals surface area contributed by atoms with Crippen molar-refractivity contribution in [1.29, 1.82) is 0 Å². The van der Waals surface area contributed by atoms with E-state index < -0.39 is 0 Å². The van der Waals surface area contributed by atoms with E-state index in [0.717, 1.165) is 11.4 Å². The van der Waals surface area contributed by atoms with Crippen molar-refractivity contribution in [3.8, 4) is 5.75 Å². The molecule has 0 aliphatic heterocycles. The highest BCUT2D eigenvalue weighted by Crippen LogP contribution is 2.28. The van der Waals surface area contributed by atoms with Gasteiger partial charge in [-0.05, 0) is 25.7 Å². The molecule has 0 saturated heterocycles. The number of aromatic nitrogens is 1. The van der Waals surface area contributed by atoms with Gasteiger partial charge in [0, 0.05) is 19.3 Å². The Morgan fingerprint density at radius 1 is 1.43 bits per heavy atom. The normalized spacial score (nSPS) is 16.9. The van der Waals surface area contributed by atoms with Crippen molar-refractivity contribution >= 4 is 5.69 Å². The minimum Gasteiger partial charge on any atom is -0.488 e. The molecule has 0 atom stereocenters. The van der Waals surface area contributed by atoms with Crippen LogP contribution in [0.1, 0.15) is 25.7 Å². The van der Waals surface area contributed by atoms with Crippen molar-refractivity contribution in [3.63, 3.8) is 0 Å². The summed E-state index contributed by atoms with van der Waals surface area (Å²) in [6.07, 6.45) is 8.94. The summed E-state index contributed by atoms with van der Waals surface area (Å²) in [7, 11) is 1.89. The molecule has 1 fully saturated rings. The zero-order valence-electron chi connectivity index (χ0n) is 8.49. The Hall–Kier alpha value is -1.25. The van der Waals surface area contributed by atoms with Crippen molar-refractivity contribution < 1.29 is 4.74 Å². The molecule has 1 aliphatic carbocycles. The van der Waals surface area contributed by atoms with Gasteiger partial charge in [0.05, 0.1) is 18.0 Å². The van der Waals surface area contributed by atoms with E-state index in [-0.39, 0.29) is 0 Å². The highest BCUT2D eigenvalue weighted by molar-refractivity contribution is 5.53. The lowest BCUT2D eigenvalue weighted by atomic mass is 10.3. The highest BCUT2D eigenvalue weighted by Gasteiger charge is 2.17. The molecule has 1 aromatic heterocycles. The van der Waals surface area contributed by atoms with Crippen LogP contribution in [0.4, 0.5) is 5.69 Å². The van der Waals surface area contributed by atoms with Crippen LogP contribution in [0.3, 0.4) is 0 Å². The van der Waals surface area contributed by atoms with Crippen molar-refractivity contribution in [2.45, 2.75) is 31.8 Å². The van der Waals surface area contributed by atoms with Gasteiger partial charge in [0.2, 0.25) is 0 Å². The highest BCUT2D eigenvalue weighted by atomic mass is 16.5. The summed E-state index contributed by atoms with van der Waals surface area (Å²) in [6, 6.07) is 1.92. The molecule has 1 saturated carbocycles. The number of nitrogens with zero attached hydrogens (tertiary/aromatic N) is 1. The maximum atomic E-state index is 5.89. The van der Waals surface area contributed by atoms with E-state index in [0.29, 0.717) is 6.10 Å². The third kappa shape index (κ3) is 1.97. The smallest absolute Gasteiger partial charge is 0.145 e. The summed E-state index contributed by atoms with van der Waals surface area (Å²) in [5.41, 5.74) is 0.972. The zero-order valence-corrected chi connectivity index (χ0v) is 8.49. The molecule has 0 bridgehead atoms. The predicted molar refractivity (Wildman–Crippen MR) is 56.7 cm³/mol. The number of nitrogens with one attached hydrogen (secondary N) is 1. The second-order valence-corrected chi connectivity index (χ2v) is 3.65. The first kappa shape index (κ1) is 9.31. The predicted octanol–water partition coefficient (Wildman–Crippen LogP) is 2.44. The maximum Gasteiger partial charge on any atom is 0.145 e. The molecule has 0 aromatic carbocycles. The molecule has 0 spiro atoms. The second kappa shape index (κ2) is 4.31. The average Bonchev–Trinajstić information content (AvgIpc) is 2.71. The van der Waals surface area contributed by atoms with E-state index >= 15 is 0 Å². The van der Waals surface area contributed by atoms with Gasteiger partial charge in [-0.25, -0.2) is 0 Å². The van der Waals surface area contributed by atoms with Gasteiger partial charge in [-0.3, -0.25) is 4.98 Å². The molecular weight excluding hydrogens is 176 g/mol. The lowest BCUT2D eigenvalue weighted by Crippen LogP contribution is -2.12. The largest absolute Gasteiger partial charge is 0.488 e. The first-order valence-corrected chi connectivity index (χ1v) is 5.18. The monoisotopic (exact) mass is 192 g/mol. The van der Waals surface area contributed by atoms with E-state index in [9.17, 15) is 0 Å². The van der Waals surface area contributed by atoms with Crippen LogP contribution >= 0.6 is 0 Å². The zero-order chi connectivity index (χ0) is 9.80. The fourth-order valence-corrected chi connectivity index (χ4v) is 1.86. The summed E-state index contributed by atoms with van der Waals surface area (Å²) < 4.78 is 5.89. The molecule has 3 heteroatoms. The lowest BCUT2D eigenvalue weighted by molar-refractivity contribution is 0.211. The van der Waals surface area contributed by atoms with E-state index in [1.165, 1.54) is 25.7 Å². The number of rotatable bonds is 3. The van der Waals surface area contributed by atoms with Gasteiger partial charge in [-0.1, -0.05) is 0 Å². The fourth-order valence-electron chi connectivity index (χ4n) is 1.86. The van der Waals surface area contributed by atoms with E-state index in [2.05, 4.69) is 10.3 Å². The first-order chi connectivity index (χ1) is 6.90. The van der Waals surface area contributed by atoms with Crippen LogP contribution < -0.4 is 10.1 Å². The van der Waals surface area contributed by atoms with Gasteiger partial charge < -0.3 is 10.1 Å². The Morgan fingerprint density at radius 3 is 2.93 bits per heavy atom.